The number of hydrogen-bond donors (Lipinski definition) is 12. The van der Waals surface area contributed by atoms with Crippen LogP contribution >= 0.6 is 0 Å². The van der Waals surface area contributed by atoms with E-state index in [0.29, 0.717) is 57.8 Å². The molecule has 516 valence electrons. The summed E-state index contributed by atoms with van der Waals surface area (Å²) in [6.07, 6.45) is 43.7. The number of aliphatic hydroxyl groups is 9. The van der Waals surface area contributed by atoms with Crippen molar-refractivity contribution in [3.8, 4) is 0 Å². The van der Waals surface area contributed by atoms with E-state index in [1.54, 1.807) is 53.7 Å². The minimum Gasteiger partial charge on any atom is -0.481 e. The minimum atomic E-state index is -0.817. The molecule has 0 saturated carbocycles. The standard InChI is InChI=1S/C26H36O6.C26H38O5.C26H40O4/c1-25(2,23(29)30)15-5-7-17-9-11-19(21(17)27)13-14-20-12-10-18(22(20)28)8-6-16-26(3,4)24(31)32;1-25(2,17-27)15-5-7-18-9-11-20(22(18)28)13-14-21-12-10-19(23(21)29)8-6-16-26(3,4)24(30)31;1-25(2,17-27)15-5-7-19-9-11-21(23(19)29)13-14-22-12-10-20(24(22)30)8-6-16-26(3,4)18-28/h9-14,21-22,27-28H,5-8,15-16H2,1-4H3,(H,29,30)(H,31,32);9-14,22-23,27-29H,5-8,15-17H2,1-4H3,(H,30,31);9-14,23-24,27-30H,5-8,15-18H2,1-4H3/b3*14-13-. The molecule has 0 fully saturated rings. The predicted molar refractivity (Wildman–Crippen MR) is 370 cm³/mol. The van der Waals surface area contributed by atoms with Gasteiger partial charge in [0.05, 0.1) is 16.2 Å². The van der Waals surface area contributed by atoms with Crippen LogP contribution in [0, 0.1) is 32.5 Å². The Morgan fingerprint density at radius 3 is 0.581 bits per heavy atom. The van der Waals surface area contributed by atoms with Gasteiger partial charge in [-0.2, -0.15) is 0 Å². The number of aliphatic carboxylic acids is 3. The quantitative estimate of drug-likeness (QED) is 0.0278. The highest BCUT2D eigenvalue weighted by Crippen LogP contribution is 2.37. The van der Waals surface area contributed by atoms with Gasteiger partial charge in [-0.3, -0.25) is 14.4 Å². The van der Waals surface area contributed by atoms with Gasteiger partial charge >= 0.3 is 17.9 Å². The lowest BCUT2D eigenvalue weighted by atomic mass is 9.86. The molecule has 0 spiro atoms. The first-order chi connectivity index (χ1) is 43.4. The van der Waals surface area contributed by atoms with Crippen molar-refractivity contribution in [2.24, 2.45) is 32.5 Å². The topological polar surface area (TPSA) is 294 Å². The summed E-state index contributed by atoms with van der Waals surface area (Å²) in [5.41, 5.74) is 7.81. The molecule has 0 bridgehead atoms. The second kappa shape index (κ2) is 35.8. The van der Waals surface area contributed by atoms with Crippen molar-refractivity contribution in [2.75, 3.05) is 19.8 Å². The first-order valence-corrected chi connectivity index (χ1v) is 33.5. The summed E-state index contributed by atoms with van der Waals surface area (Å²) in [5.74, 6) is -2.44. The summed E-state index contributed by atoms with van der Waals surface area (Å²) < 4.78 is 0. The van der Waals surface area contributed by atoms with E-state index in [1.165, 1.54) is 0 Å². The van der Waals surface area contributed by atoms with E-state index in [2.05, 4.69) is 27.7 Å². The highest BCUT2D eigenvalue weighted by atomic mass is 16.4. The van der Waals surface area contributed by atoms with Gasteiger partial charge in [0.25, 0.3) is 0 Å². The van der Waals surface area contributed by atoms with E-state index in [9.17, 15) is 75.7 Å². The zero-order valence-corrected chi connectivity index (χ0v) is 57.8. The van der Waals surface area contributed by atoms with Gasteiger partial charge in [0.1, 0.15) is 36.6 Å². The van der Waals surface area contributed by atoms with Crippen LogP contribution in [0.2, 0.25) is 0 Å². The summed E-state index contributed by atoms with van der Waals surface area (Å²) in [7, 11) is 0. The molecule has 0 heterocycles. The number of aliphatic hydroxyl groups excluding tert-OH is 9. The third-order valence-corrected chi connectivity index (χ3v) is 19.1. The van der Waals surface area contributed by atoms with E-state index in [0.717, 1.165) is 125 Å². The van der Waals surface area contributed by atoms with Crippen LogP contribution in [0.3, 0.4) is 0 Å². The summed E-state index contributed by atoms with van der Waals surface area (Å²) in [5, 5.41) is 119. The van der Waals surface area contributed by atoms with Gasteiger partial charge in [0, 0.05) is 19.8 Å². The lowest BCUT2D eigenvalue weighted by Crippen LogP contribution is -2.23. The Hall–Kier alpha value is -5.85. The van der Waals surface area contributed by atoms with Crippen LogP contribution in [0.1, 0.15) is 199 Å². The predicted octanol–water partition coefficient (Wildman–Crippen LogP) is 13.4. The van der Waals surface area contributed by atoms with E-state index < -0.39 is 70.8 Å². The van der Waals surface area contributed by atoms with E-state index in [-0.39, 0.29) is 36.1 Å². The molecule has 0 aromatic heterocycles. The second-order valence-electron chi connectivity index (χ2n) is 30.5. The van der Waals surface area contributed by atoms with Gasteiger partial charge in [-0.1, -0.05) is 151 Å². The Bertz CT molecular complexity index is 2940. The molecule has 6 aliphatic carbocycles. The molecule has 93 heavy (non-hydrogen) atoms. The number of carbonyl (C=O) groups is 3. The maximum atomic E-state index is 11.2. The summed E-state index contributed by atoms with van der Waals surface area (Å²) in [6.45, 7) is 23.0. The molecule has 15 heteroatoms. The average molecular weight is 1290 g/mol. The number of carboxylic acids is 3. The number of rotatable bonds is 36. The second-order valence-corrected chi connectivity index (χ2v) is 30.5. The SMILES string of the molecule is CC(C)(CCCC1=CC=C(/C=C\C2=CC=C(CCCC(C)(C)C(=O)O)C2O)C1O)C(=O)O.CC(C)(CO)CCCC1=CC=C(/C=C\C2=CC=C(CCCC(C)(C)C(=O)O)C2O)C1O.CC(C)(CO)CCCC1=CC=C(/C=C\C2=CC=C(CCCC(C)(C)CO)C2O)C1O. The highest BCUT2D eigenvalue weighted by molar-refractivity contribution is 5.74. The maximum Gasteiger partial charge on any atom is 0.309 e. The molecule has 0 aliphatic heterocycles. The smallest absolute Gasteiger partial charge is 0.309 e. The summed E-state index contributed by atoms with van der Waals surface area (Å²) in [4.78, 5) is 33.7. The van der Waals surface area contributed by atoms with E-state index >= 15 is 0 Å². The molecule has 6 aliphatic rings. The van der Waals surface area contributed by atoms with Gasteiger partial charge in [0.2, 0.25) is 0 Å². The van der Waals surface area contributed by atoms with Crippen molar-refractivity contribution >= 4 is 17.9 Å². The lowest BCUT2D eigenvalue weighted by molar-refractivity contribution is -0.148. The maximum absolute atomic E-state index is 11.2. The zero-order chi connectivity index (χ0) is 69.7. The van der Waals surface area contributed by atoms with Gasteiger partial charge in [0.15, 0.2) is 0 Å². The lowest BCUT2D eigenvalue weighted by Gasteiger charge is -2.22. The van der Waals surface area contributed by atoms with Crippen LogP contribution < -0.4 is 0 Å². The molecule has 15 nitrogen and oxygen atoms in total. The Balaban J connectivity index is 0.000000297. The van der Waals surface area contributed by atoms with Crippen LogP contribution in [-0.2, 0) is 14.4 Å². The van der Waals surface area contributed by atoms with Gasteiger partial charge in [-0.25, -0.2) is 0 Å². The summed E-state index contributed by atoms with van der Waals surface area (Å²) >= 11 is 0. The fourth-order valence-corrected chi connectivity index (χ4v) is 11.5. The Kier molecular flexibility index (Phi) is 30.6. The molecule has 0 aromatic rings. The number of allylic oxidation sites excluding steroid dienone is 12. The van der Waals surface area contributed by atoms with Crippen LogP contribution in [0.15, 0.2) is 176 Å². The van der Waals surface area contributed by atoms with Crippen LogP contribution in [0.4, 0.5) is 0 Å². The number of hydrogen-bond acceptors (Lipinski definition) is 12. The average Bonchev–Trinajstić information content (AvgIpc) is 1.78. The van der Waals surface area contributed by atoms with Crippen molar-refractivity contribution in [1.82, 2.24) is 0 Å². The van der Waals surface area contributed by atoms with Crippen LogP contribution in [0.5, 0.6) is 0 Å². The Morgan fingerprint density at radius 1 is 0.290 bits per heavy atom. The Morgan fingerprint density at radius 2 is 0.441 bits per heavy atom. The fraction of sp³-hybridized carbons (Fsp3) is 0.577. The van der Waals surface area contributed by atoms with Crippen molar-refractivity contribution in [3.63, 3.8) is 0 Å². The van der Waals surface area contributed by atoms with Crippen LogP contribution in [0.25, 0.3) is 0 Å². The van der Waals surface area contributed by atoms with Gasteiger partial charge < -0.3 is 61.3 Å². The minimum absolute atomic E-state index is 0.0794. The van der Waals surface area contributed by atoms with Crippen molar-refractivity contribution in [1.29, 1.82) is 0 Å². The third-order valence-electron chi connectivity index (χ3n) is 19.1. The van der Waals surface area contributed by atoms with Crippen molar-refractivity contribution in [3.05, 3.63) is 176 Å². The third kappa shape index (κ3) is 25.0. The van der Waals surface area contributed by atoms with Crippen LogP contribution in [-0.4, -0.2) is 136 Å². The molecule has 6 rings (SSSR count). The van der Waals surface area contributed by atoms with Gasteiger partial charge in [-0.05, 0) is 240 Å². The van der Waals surface area contributed by atoms with E-state index in [1.807, 2.05) is 111 Å². The highest BCUT2D eigenvalue weighted by Gasteiger charge is 2.32. The first-order valence-electron chi connectivity index (χ1n) is 33.5. The van der Waals surface area contributed by atoms with Crippen molar-refractivity contribution < 1.29 is 75.7 Å². The Labute approximate surface area is 554 Å². The fourth-order valence-electron chi connectivity index (χ4n) is 11.5. The molecular formula is C78H114O15. The molecule has 0 amide bonds. The normalized spacial score (nSPS) is 21.9. The molecule has 12 N–H and O–H groups in total. The first kappa shape index (κ1) is 79.6. The largest absolute Gasteiger partial charge is 0.481 e. The molecule has 6 unspecified atom stereocenters. The summed E-state index contributed by atoms with van der Waals surface area (Å²) in [6, 6.07) is 0. The molecular weight excluding hydrogens is 1180 g/mol. The van der Waals surface area contributed by atoms with E-state index in [4.69, 9.17) is 0 Å². The monoisotopic (exact) mass is 1290 g/mol. The van der Waals surface area contributed by atoms with Crippen molar-refractivity contribution in [2.45, 2.75) is 235 Å². The molecule has 0 radical (unpaired) electrons. The molecule has 0 aromatic carbocycles. The molecule has 6 atom stereocenters. The number of carboxylic acid groups (broad SMARTS) is 3. The molecule has 0 saturated heterocycles. The zero-order valence-electron chi connectivity index (χ0n) is 57.8. The van der Waals surface area contributed by atoms with Gasteiger partial charge in [-0.15, -0.1) is 0 Å².